The molecule has 2 rings (SSSR count). The molecule has 2 heterocycles. The van der Waals surface area contributed by atoms with Crippen LogP contribution in [0.25, 0.3) is 0 Å². The minimum Gasteiger partial charge on any atom is -0.342 e. The van der Waals surface area contributed by atoms with E-state index in [1.54, 1.807) is 0 Å². The summed E-state index contributed by atoms with van der Waals surface area (Å²) in [6, 6.07) is 1.96. The van der Waals surface area contributed by atoms with Gasteiger partial charge in [0.1, 0.15) is 5.69 Å². The molecule has 0 N–H and O–H groups in total. The summed E-state index contributed by atoms with van der Waals surface area (Å²) < 4.78 is 3.07. The Morgan fingerprint density at radius 1 is 1.24 bits per heavy atom. The van der Waals surface area contributed by atoms with E-state index in [0.29, 0.717) is 5.41 Å². The SMILES string of the molecule is CCCn1cc(Br)cc1C(=O)N1CCC(CC)(CC)CC1. The lowest BCUT2D eigenvalue weighted by Crippen LogP contribution is -2.43. The largest absolute Gasteiger partial charge is 0.342 e. The van der Waals surface area contributed by atoms with Crippen LogP contribution < -0.4 is 0 Å². The molecule has 0 aromatic carbocycles. The number of halogens is 1. The molecule has 0 atom stereocenters. The third-order valence-electron chi connectivity index (χ3n) is 5.16. The van der Waals surface area contributed by atoms with Gasteiger partial charge in [-0.15, -0.1) is 0 Å². The zero-order valence-electron chi connectivity index (χ0n) is 13.5. The molecule has 3 nitrogen and oxygen atoms in total. The first kappa shape index (κ1) is 16.6. The van der Waals surface area contributed by atoms with Gasteiger partial charge in [-0.25, -0.2) is 0 Å². The van der Waals surface area contributed by atoms with Crippen molar-refractivity contribution in [2.24, 2.45) is 5.41 Å². The van der Waals surface area contributed by atoms with Gasteiger partial charge in [-0.05, 0) is 46.7 Å². The first-order chi connectivity index (χ1) is 10.0. The number of hydrogen-bond acceptors (Lipinski definition) is 1. The van der Waals surface area contributed by atoms with Crippen LogP contribution in [0.5, 0.6) is 0 Å². The van der Waals surface area contributed by atoms with E-state index in [2.05, 4.69) is 41.3 Å². The Morgan fingerprint density at radius 3 is 2.38 bits per heavy atom. The number of carbonyl (C=O) groups excluding carboxylic acids is 1. The summed E-state index contributed by atoms with van der Waals surface area (Å²) in [7, 11) is 0. The Morgan fingerprint density at radius 2 is 1.86 bits per heavy atom. The fourth-order valence-corrected chi connectivity index (χ4v) is 3.85. The second kappa shape index (κ2) is 6.99. The third-order valence-corrected chi connectivity index (χ3v) is 5.59. The maximum absolute atomic E-state index is 12.8. The minimum atomic E-state index is 0.190. The van der Waals surface area contributed by atoms with Crippen LogP contribution >= 0.6 is 15.9 Å². The third kappa shape index (κ3) is 3.53. The van der Waals surface area contributed by atoms with E-state index >= 15 is 0 Å². The highest BCUT2D eigenvalue weighted by molar-refractivity contribution is 9.10. The van der Waals surface area contributed by atoms with E-state index < -0.39 is 0 Å². The number of aromatic nitrogens is 1. The van der Waals surface area contributed by atoms with Crippen molar-refractivity contribution in [2.75, 3.05) is 13.1 Å². The van der Waals surface area contributed by atoms with Crippen LogP contribution in [0, 0.1) is 5.41 Å². The van der Waals surface area contributed by atoms with Gasteiger partial charge < -0.3 is 9.47 Å². The zero-order valence-corrected chi connectivity index (χ0v) is 15.1. The molecule has 0 bridgehead atoms. The van der Waals surface area contributed by atoms with E-state index in [1.165, 1.54) is 12.8 Å². The number of aryl methyl sites for hydroxylation is 1. The molecule has 118 valence electrons. The molecule has 0 aliphatic carbocycles. The Labute approximate surface area is 136 Å². The summed E-state index contributed by atoms with van der Waals surface area (Å²) in [6.07, 6.45) is 7.79. The van der Waals surface area contributed by atoms with Crippen LogP contribution in [0.3, 0.4) is 0 Å². The molecule has 1 aliphatic heterocycles. The second-order valence-electron chi connectivity index (χ2n) is 6.24. The molecule has 1 aromatic heterocycles. The monoisotopic (exact) mass is 354 g/mol. The lowest BCUT2D eigenvalue weighted by Gasteiger charge is -2.41. The van der Waals surface area contributed by atoms with Crippen LogP contribution in [0.1, 0.15) is 63.4 Å². The lowest BCUT2D eigenvalue weighted by molar-refractivity contribution is 0.0548. The quantitative estimate of drug-likeness (QED) is 0.751. The Kier molecular flexibility index (Phi) is 5.53. The van der Waals surface area contributed by atoms with Crippen molar-refractivity contribution in [1.29, 1.82) is 0 Å². The fourth-order valence-electron chi connectivity index (χ4n) is 3.38. The summed E-state index contributed by atoms with van der Waals surface area (Å²) in [6.45, 7) is 9.40. The maximum atomic E-state index is 12.8. The van der Waals surface area contributed by atoms with E-state index in [4.69, 9.17) is 0 Å². The van der Waals surface area contributed by atoms with Crippen molar-refractivity contribution in [3.05, 3.63) is 22.4 Å². The van der Waals surface area contributed by atoms with E-state index in [-0.39, 0.29) is 5.91 Å². The normalized spacial score (nSPS) is 18.0. The van der Waals surface area contributed by atoms with E-state index in [9.17, 15) is 4.79 Å². The molecule has 1 saturated heterocycles. The molecule has 1 aliphatic rings. The van der Waals surface area contributed by atoms with Crippen molar-refractivity contribution in [3.8, 4) is 0 Å². The summed E-state index contributed by atoms with van der Waals surface area (Å²) in [5, 5.41) is 0. The molecule has 1 fully saturated rings. The fraction of sp³-hybridized carbons (Fsp3) is 0.706. The molecule has 0 radical (unpaired) electrons. The summed E-state index contributed by atoms with van der Waals surface area (Å²) in [5.74, 6) is 0.190. The molecular formula is C17H27BrN2O. The first-order valence-corrected chi connectivity index (χ1v) is 8.99. The Hall–Kier alpha value is -0.770. The molecule has 21 heavy (non-hydrogen) atoms. The van der Waals surface area contributed by atoms with E-state index in [1.807, 2.05) is 17.2 Å². The number of piperidine rings is 1. The predicted molar refractivity (Wildman–Crippen MR) is 90.6 cm³/mol. The number of carbonyl (C=O) groups is 1. The minimum absolute atomic E-state index is 0.190. The predicted octanol–water partition coefficient (Wildman–Crippen LogP) is 4.70. The molecule has 0 saturated carbocycles. The molecule has 0 spiro atoms. The topological polar surface area (TPSA) is 25.2 Å². The number of likely N-dealkylation sites (tertiary alicyclic amines) is 1. The number of hydrogen-bond donors (Lipinski definition) is 0. The maximum Gasteiger partial charge on any atom is 0.270 e. The van der Waals surface area contributed by atoms with Gasteiger partial charge in [-0.2, -0.15) is 0 Å². The second-order valence-corrected chi connectivity index (χ2v) is 7.15. The van der Waals surface area contributed by atoms with Crippen LogP contribution in [0.15, 0.2) is 16.7 Å². The van der Waals surface area contributed by atoms with Crippen molar-refractivity contribution in [3.63, 3.8) is 0 Å². The van der Waals surface area contributed by atoms with Gasteiger partial charge >= 0.3 is 0 Å². The molecule has 1 amide bonds. The average Bonchev–Trinajstić information content (AvgIpc) is 2.88. The highest BCUT2D eigenvalue weighted by atomic mass is 79.9. The van der Waals surface area contributed by atoms with Gasteiger partial charge in [0.05, 0.1) is 0 Å². The van der Waals surface area contributed by atoms with E-state index in [0.717, 1.165) is 49.1 Å². The lowest BCUT2D eigenvalue weighted by atomic mass is 9.74. The van der Waals surface area contributed by atoms with Gasteiger partial charge in [0.15, 0.2) is 0 Å². The van der Waals surface area contributed by atoms with Gasteiger partial charge in [-0.1, -0.05) is 33.6 Å². The highest BCUT2D eigenvalue weighted by Crippen LogP contribution is 2.38. The molecule has 0 unspecified atom stereocenters. The van der Waals surface area contributed by atoms with Crippen molar-refractivity contribution in [1.82, 2.24) is 9.47 Å². The standard InChI is InChI=1S/C17H27BrN2O/c1-4-9-20-13-14(18)12-15(20)16(21)19-10-7-17(5-2,6-3)8-11-19/h12-13H,4-11H2,1-3H3. The van der Waals surface area contributed by atoms with Gasteiger partial charge in [0.2, 0.25) is 0 Å². The highest BCUT2D eigenvalue weighted by Gasteiger charge is 2.33. The number of amides is 1. The van der Waals surface area contributed by atoms with Gasteiger partial charge in [0.25, 0.3) is 5.91 Å². The van der Waals surface area contributed by atoms with Gasteiger partial charge in [0, 0.05) is 30.3 Å². The molecule has 1 aromatic rings. The summed E-state index contributed by atoms with van der Waals surface area (Å²) in [4.78, 5) is 14.8. The number of rotatable bonds is 5. The average molecular weight is 355 g/mol. The Bertz CT molecular complexity index is 481. The summed E-state index contributed by atoms with van der Waals surface area (Å²) >= 11 is 3.49. The molecular weight excluding hydrogens is 328 g/mol. The zero-order chi connectivity index (χ0) is 15.5. The van der Waals surface area contributed by atoms with Crippen molar-refractivity contribution in [2.45, 2.75) is 59.4 Å². The smallest absolute Gasteiger partial charge is 0.270 e. The Balaban J connectivity index is 2.08. The number of nitrogens with zero attached hydrogens (tertiary/aromatic N) is 2. The van der Waals surface area contributed by atoms with Crippen LogP contribution in [-0.4, -0.2) is 28.5 Å². The van der Waals surface area contributed by atoms with Crippen LogP contribution in [-0.2, 0) is 6.54 Å². The van der Waals surface area contributed by atoms with Crippen molar-refractivity contribution >= 4 is 21.8 Å². The van der Waals surface area contributed by atoms with Gasteiger partial charge in [-0.3, -0.25) is 4.79 Å². The van der Waals surface area contributed by atoms with Crippen LogP contribution in [0.2, 0.25) is 0 Å². The van der Waals surface area contributed by atoms with Crippen molar-refractivity contribution < 1.29 is 4.79 Å². The first-order valence-electron chi connectivity index (χ1n) is 8.20. The summed E-state index contributed by atoms with van der Waals surface area (Å²) in [5.41, 5.74) is 1.28. The molecule has 4 heteroatoms. The van der Waals surface area contributed by atoms with Crippen LogP contribution in [0.4, 0.5) is 0 Å².